The fraction of sp³-hybridized carbons (Fsp3) is 0.533. The normalized spacial score (nSPS) is 19.7. The Kier molecular flexibility index (Phi) is 4.47. The maximum Gasteiger partial charge on any atom is 0.338 e. The minimum Gasteiger partial charge on any atom is -0.478 e. The largest absolute Gasteiger partial charge is 0.478 e. The van der Waals surface area contributed by atoms with Crippen molar-refractivity contribution in [2.24, 2.45) is 5.92 Å². The van der Waals surface area contributed by atoms with E-state index in [1.807, 2.05) is 0 Å². The molecule has 2 rings (SSSR count). The fourth-order valence-electron chi connectivity index (χ4n) is 2.83. The van der Waals surface area contributed by atoms with Crippen LogP contribution in [0.5, 0.6) is 0 Å². The van der Waals surface area contributed by atoms with Gasteiger partial charge < -0.3 is 15.7 Å². The highest BCUT2D eigenvalue weighted by atomic mass is 19.1. The highest BCUT2D eigenvalue weighted by molar-refractivity contribution is 5.90. The number of carboxylic acid groups (broad SMARTS) is 1. The van der Waals surface area contributed by atoms with E-state index in [2.05, 4.69) is 11.8 Å². The molecule has 0 radical (unpaired) electrons. The Hall–Kier alpha value is -1.78. The zero-order chi connectivity index (χ0) is 14.7. The standard InChI is InChI=1S/C15H21FN2O2/c1-2-10-4-3-6-18(7-5-10)14-9-12(16)11(15(19)20)8-13(14)17/h8-10H,2-7,17H2,1H3,(H,19,20). The predicted molar refractivity (Wildman–Crippen MR) is 77.6 cm³/mol. The highest BCUT2D eigenvalue weighted by Crippen LogP contribution is 2.30. The summed E-state index contributed by atoms with van der Waals surface area (Å²) in [5.74, 6) is -1.30. The predicted octanol–water partition coefficient (Wildman–Crippen LogP) is 3.12. The second kappa shape index (κ2) is 6.11. The topological polar surface area (TPSA) is 66.6 Å². The van der Waals surface area contributed by atoms with Crippen LogP contribution in [0.4, 0.5) is 15.8 Å². The van der Waals surface area contributed by atoms with E-state index in [0.29, 0.717) is 17.3 Å². The van der Waals surface area contributed by atoms with Crippen LogP contribution in [-0.4, -0.2) is 24.2 Å². The summed E-state index contributed by atoms with van der Waals surface area (Å²) in [6, 6.07) is 2.47. The van der Waals surface area contributed by atoms with Crippen LogP contribution in [0.1, 0.15) is 43.0 Å². The molecule has 1 aliphatic rings. The Balaban J connectivity index is 2.24. The van der Waals surface area contributed by atoms with Crippen LogP contribution < -0.4 is 10.6 Å². The Morgan fingerprint density at radius 3 is 2.85 bits per heavy atom. The molecular weight excluding hydrogens is 259 g/mol. The summed E-state index contributed by atoms with van der Waals surface area (Å²) in [7, 11) is 0. The van der Waals surface area contributed by atoms with Gasteiger partial charge in [0.2, 0.25) is 0 Å². The lowest BCUT2D eigenvalue weighted by Gasteiger charge is -2.25. The van der Waals surface area contributed by atoms with Crippen molar-refractivity contribution >= 4 is 17.3 Å². The zero-order valence-electron chi connectivity index (χ0n) is 11.7. The zero-order valence-corrected chi connectivity index (χ0v) is 11.7. The number of nitrogens with zero attached hydrogens (tertiary/aromatic N) is 1. The summed E-state index contributed by atoms with van der Waals surface area (Å²) < 4.78 is 13.8. The molecule has 1 unspecified atom stereocenters. The Morgan fingerprint density at radius 2 is 2.20 bits per heavy atom. The van der Waals surface area contributed by atoms with Crippen LogP contribution in [0, 0.1) is 11.7 Å². The molecule has 4 nitrogen and oxygen atoms in total. The number of aromatic carboxylic acids is 1. The maximum atomic E-state index is 13.8. The molecule has 0 amide bonds. The smallest absolute Gasteiger partial charge is 0.338 e. The average Bonchev–Trinajstić information content (AvgIpc) is 2.65. The number of carboxylic acids is 1. The van der Waals surface area contributed by atoms with Crippen molar-refractivity contribution in [3.8, 4) is 0 Å². The van der Waals surface area contributed by atoms with Crippen LogP contribution in [0.15, 0.2) is 12.1 Å². The minimum absolute atomic E-state index is 0.332. The van der Waals surface area contributed by atoms with E-state index in [1.165, 1.54) is 18.6 Å². The van der Waals surface area contributed by atoms with Gasteiger partial charge in [-0.3, -0.25) is 0 Å². The van der Waals surface area contributed by atoms with Gasteiger partial charge >= 0.3 is 5.97 Å². The van der Waals surface area contributed by atoms with Gasteiger partial charge in [-0.2, -0.15) is 0 Å². The molecule has 1 fully saturated rings. The van der Waals surface area contributed by atoms with Crippen molar-refractivity contribution in [3.05, 3.63) is 23.5 Å². The van der Waals surface area contributed by atoms with Crippen molar-refractivity contribution in [1.29, 1.82) is 0 Å². The van der Waals surface area contributed by atoms with Gasteiger partial charge in [-0.15, -0.1) is 0 Å². The number of anilines is 2. The molecule has 5 heteroatoms. The lowest BCUT2D eigenvalue weighted by molar-refractivity contribution is 0.0692. The van der Waals surface area contributed by atoms with Crippen molar-refractivity contribution in [2.75, 3.05) is 23.7 Å². The van der Waals surface area contributed by atoms with Crippen molar-refractivity contribution < 1.29 is 14.3 Å². The van der Waals surface area contributed by atoms with Crippen molar-refractivity contribution in [2.45, 2.75) is 32.6 Å². The number of hydrogen-bond acceptors (Lipinski definition) is 3. The summed E-state index contributed by atoms with van der Waals surface area (Å²) in [5, 5.41) is 8.89. The molecule has 110 valence electrons. The number of benzene rings is 1. The summed E-state index contributed by atoms with van der Waals surface area (Å²) in [6.07, 6.45) is 4.47. The molecule has 1 aliphatic heterocycles. The Bertz CT molecular complexity index is 505. The third kappa shape index (κ3) is 3.03. The van der Waals surface area contributed by atoms with Gasteiger partial charge in [-0.05, 0) is 31.2 Å². The molecule has 1 saturated heterocycles. The Labute approximate surface area is 118 Å². The van der Waals surface area contributed by atoms with Crippen molar-refractivity contribution in [3.63, 3.8) is 0 Å². The first-order valence-electron chi connectivity index (χ1n) is 7.10. The van der Waals surface area contributed by atoms with E-state index in [0.717, 1.165) is 32.4 Å². The van der Waals surface area contributed by atoms with Gasteiger partial charge in [0.15, 0.2) is 0 Å². The van der Waals surface area contributed by atoms with Gasteiger partial charge in [-0.1, -0.05) is 13.3 Å². The van der Waals surface area contributed by atoms with Crippen LogP contribution in [-0.2, 0) is 0 Å². The highest BCUT2D eigenvalue weighted by Gasteiger charge is 2.20. The molecule has 1 aromatic rings. The molecule has 1 aromatic carbocycles. The molecule has 20 heavy (non-hydrogen) atoms. The molecule has 0 bridgehead atoms. The number of halogens is 1. The number of nitrogen functional groups attached to an aromatic ring is 1. The monoisotopic (exact) mass is 280 g/mol. The SMILES string of the molecule is CCC1CCCN(c2cc(F)c(C(=O)O)cc2N)CC1. The third-order valence-corrected chi connectivity index (χ3v) is 4.11. The van der Waals surface area contributed by atoms with Crippen LogP contribution in [0.2, 0.25) is 0 Å². The lowest BCUT2D eigenvalue weighted by atomic mass is 9.98. The summed E-state index contributed by atoms with van der Waals surface area (Å²) in [5.41, 5.74) is 6.48. The fourth-order valence-corrected chi connectivity index (χ4v) is 2.83. The van der Waals surface area contributed by atoms with Crippen LogP contribution >= 0.6 is 0 Å². The summed E-state index contributed by atoms with van der Waals surface area (Å²) in [6.45, 7) is 3.87. The molecule has 0 saturated carbocycles. The second-order valence-electron chi connectivity index (χ2n) is 5.39. The molecule has 1 atom stereocenters. The number of carbonyl (C=O) groups is 1. The third-order valence-electron chi connectivity index (χ3n) is 4.11. The van der Waals surface area contributed by atoms with Gasteiger partial charge in [0.05, 0.1) is 16.9 Å². The van der Waals surface area contributed by atoms with Crippen LogP contribution in [0.25, 0.3) is 0 Å². The summed E-state index contributed by atoms with van der Waals surface area (Å²) in [4.78, 5) is 13.0. The molecule has 0 spiro atoms. The van der Waals surface area contributed by atoms with E-state index in [1.54, 1.807) is 0 Å². The molecule has 0 aliphatic carbocycles. The van der Waals surface area contributed by atoms with Crippen LogP contribution in [0.3, 0.4) is 0 Å². The van der Waals surface area contributed by atoms with Gasteiger partial charge in [0, 0.05) is 19.2 Å². The maximum absolute atomic E-state index is 13.8. The molecule has 0 aromatic heterocycles. The van der Waals surface area contributed by atoms with E-state index in [-0.39, 0.29) is 5.56 Å². The second-order valence-corrected chi connectivity index (χ2v) is 5.39. The first-order chi connectivity index (χ1) is 9.52. The lowest BCUT2D eigenvalue weighted by Crippen LogP contribution is -2.25. The van der Waals surface area contributed by atoms with Crippen molar-refractivity contribution in [1.82, 2.24) is 0 Å². The van der Waals surface area contributed by atoms with Gasteiger partial charge in [-0.25, -0.2) is 9.18 Å². The number of rotatable bonds is 3. The van der Waals surface area contributed by atoms with E-state index < -0.39 is 11.8 Å². The van der Waals surface area contributed by atoms with Gasteiger partial charge in [0.1, 0.15) is 5.82 Å². The Morgan fingerprint density at radius 1 is 1.45 bits per heavy atom. The summed E-state index contributed by atoms with van der Waals surface area (Å²) >= 11 is 0. The minimum atomic E-state index is -1.29. The number of hydrogen-bond donors (Lipinski definition) is 2. The molecule has 1 heterocycles. The average molecular weight is 280 g/mol. The molecule has 3 N–H and O–H groups in total. The van der Waals surface area contributed by atoms with E-state index in [4.69, 9.17) is 10.8 Å². The quantitative estimate of drug-likeness (QED) is 0.835. The molecular formula is C15H21FN2O2. The van der Waals surface area contributed by atoms with Gasteiger partial charge in [0.25, 0.3) is 0 Å². The first kappa shape index (κ1) is 14.6. The first-order valence-corrected chi connectivity index (χ1v) is 7.10. The van der Waals surface area contributed by atoms with E-state index in [9.17, 15) is 9.18 Å². The number of nitrogens with two attached hydrogens (primary N) is 1. The van der Waals surface area contributed by atoms with E-state index >= 15 is 0 Å².